The summed E-state index contributed by atoms with van der Waals surface area (Å²) in [5.74, 6) is 0.621. The van der Waals surface area contributed by atoms with Crippen molar-refractivity contribution in [3.8, 4) is 0 Å². The van der Waals surface area contributed by atoms with E-state index in [1.165, 1.54) is 17.8 Å². The van der Waals surface area contributed by atoms with Crippen molar-refractivity contribution < 1.29 is 4.74 Å². The number of ether oxygens (including phenoxy) is 1. The molecule has 3 unspecified atom stereocenters. The molecule has 1 aliphatic heterocycles. The van der Waals surface area contributed by atoms with Gasteiger partial charge in [0.15, 0.2) is 0 Å². The fourth-order valence-electron chi connectivity index (χ4n) is 3.15. The standard InChI is InChI=1S/C16H29N3O/c1-5-14-9-15(19(7-3)18-14)10-16(17-6-2)13-8-12(4)20-11-13/h9,12-13,16-17H,5-8,10-11H2,1-4H3. The number of hydrogen-bond acceptors (Lipinski definition) is 3. The average Bonchev–Trinajstić information content (AvgIpc) is 3.04. The molecule has 0 amide bonds. The van der Waals surface area contributed by atoms with Crippen LogP contribution in [0.1, 0.15) is 45.5 Å². The van der Waals surface area contributed by atoms with Gasteiger partial charge in [-0.3, -0.25) is 4.68 Å². The first kappa shape index (κ1) is 15.5. The highest BCUT2D eigenvalue weighted by Gasteiger charge is 2.29. The van der Waals surface area contributed by atoms with E-state index < -0.39 is 0 Å². The van der Waals surface area contributed by atoms with Crippen LogP contribution in [0.4, 0.5) is 0 Å². The molecule has 0 aromatic carbocycles. The lowest BCUT2D eigenvalue weighted by Crippen LogP contribution is -2.39. The zero-order chi connectivity index (χ0) is 14.5. The number of aryl methyl sites for hydroxylation is 2. The van der Waals surface area contributed by atoms with Crippen LogP contribution >= 0.6 is 0 Å². The lowest BCUT2D eigenvalue weighted by atomic mass is 9.93. The Morgan fingerprint density at radius 1 is 1.45 bits per heavy atom. The molecule has 0 aliphatic carbocycles. The SMILES string of the molecule is CCNC(Cc1cc(CC)nn1CC)C1COC(C)C1. The van der Waals surface area contributed by atoms with Crippen molar-refractivity contribution in [1.29, 1.82) is 0 Å². The summed E-state index contributed by atoms with van der Waals surface area (Å²) in [5, 5.41) is 8.31. The molecule has 2 heterocycles. The Morgan fingerprint density at radius 2 is 2.25 bits per heavy atom. The summed E-state index contributed by atoms with van der Waals surface area (Å²) in [6.45, 7) is 11.5. The molecule has 1 aliphatic rings. The van der Waals surface area contributed by atoms with Crippen LogP contribution in [-0.4, -0.2) is 35.1 Å². The molecule has 1 saturated heterocycles. The van der Waals surface area contributed by atoms with Crippen molar-refractivity contribution in [2.45, 2.75) is 65.6 Å². The monoisotopic (exact) mass is 279 g/mol. The van der Waals surface area contributed by atoms with Crippen LogP contribution in [0.15, 0.2) is 6.07 Å². The van der Waals surface area contributed by atoms with Crippen molar-refractivity contribution >= 4 is 0 Å². The molecule has 1 fully saturated rings. The average molecular weight is 279 g/mol. The molecular formula is C16H29N3O. The van der Waals surface area contributed by atoms with Gasteiger partial charge in [-0.25, -0.2) is 0 Å². The van der Waals surface area contributed by atoms with Crippen molar-refractivity contribution in [2.75, 3.05) is 13.2 Å². The van der Waals surface area contributed by atoms with Crippen molar-refractivity contribution in [3.63, 3.8) is 0 Å². The van der Waals surface area contributed by atoms with E-state index in [9.17, 15) is 0 Å². The summed E-state index contributed by atoms with van der Waals surface area (Å²) in [6, 6.07) is 2.77. The third-order valence-electron chi connectivity index (χ3n) is 4.27. The predicted octanol–water partition coefficient (Wildman–Crippen LogP) is 2.41. The van der Waals surface area contributed by atoms with Gasteiger partial charge >= 0.3 is 0 Å². The number of nitrogens with zero attached hydrogens (tertiary/aromatic N) is 2. The second kappa shape index (κ2) is 7.23. The minimum absolute atomic E-state index is 0.406. The van der Waals surface area contributed by atoms with Crippen molar-refractivity contribution in [2.24, 2.45) is 5.92 Å². The summed E-state index contributed by atoms with van der Waals surface area (Å²) in [5.41, 5.74) is 2.56. The van der Waals surface area contributed by atoms with Gasteiger partial charge in [0.25, 0.3) is 0 Å². The lowest BCUT2D eigenvalue weighted by Gasteiger charge is -2.23. The minimum Gasteiger partial charge on any atom is -0.378 e. The zero-order valence-electron chi connectivity index (χ0n) is 13.4. The van der Waals surface area contributed by atoms with Crippen LogP contribution < -0.4 is 5.32 Å². The van der Waals surface area contributed by atoms with Gasteiger partial charge in [-0.2, -0.15) is 5.10 Å². The molecule has 0 spiro atoms. The Balaban J connectivity index is 2.09. The maximum Gasteiger partial charge on any atom is 0.0624 e. The van der Waals surface area contributed by atoms with E-state index in [-0.39, 0.29) is 0 Å². The number of nitrogens with one attached hydrogen (secondary N) is 1. The van der Waals surface area contributed by atoms with Crippen LogP contribution in [0.5, 0.6) is 0 Å². The third-order valence-corrected chi connectivity index (χ3v) is 4.27. The van der Waals surface area contributed by atoms with E-state index in [1.807, 2.05) is 0 Å². The largest absolute Gasteiger partial charge is 0.378 e. The Morgan fingerprint density at radius 3 is 2.80 bits per heavy atom. The summed E-state index contributed by atoms with van der Waals surface area (Å²) in [7, 11) is 0. The highest BCUT2D eigenvalue weighted by molar-refractivity contribution is 5.12. The van der Waals surface area contributed by atoms with Crippen LogP contribution in [-0.2, 0) is 24.1 Å². The fourth-order valence-corrected chi connectivity index (χ4v) is 3.15. The normalized spacial score (nSPS) is 24.2. The zero-order valence-corrected chi connectivity index (χ0v) is 13.4. The maximum atomic E-state index is 5.75. The molecule has 2 rings (SSSR count). The topological polar surface area (TPSA) is 39.1 Å². The van der Waals surface area contributed by atoms with Gasteiger partial charge < -0.3 is 10.1 Å². The Bertz CT molecular complexity index is 416. The highest BCUT2D eigenvalue weighted by atomic mass is 16.5. The Hall–Kier alpha value is -0.870. The predicted molar refractivity (Wildman–Crippen MR) is 82.0 cm³/mol. The first-order valence-corrected chi connectivity index (χ1v) is 8.08. The number of hydrogen-bond donors (Lipinski definition) is 1. The number of likely N-dealkylation sites (N-methyl/N-ethyl adjacent to an activating group) is 1. The molecule has 0 bridgehead atoms. The summed E-state index contributed by atoms with van der Waals surface area (Å²) in [6.07, 6.45) is 3.63. The van der Waals surface area contributed by atoms with Crippen LogP contribution in [0.3, 0.4) is 0 Å². The Kier molecular flexibility index (Phi) is 5.61. The lowest BCUT2D eigenvalue weighted by molar-refractivity contribution is 0.117. The summed E-state index contributed by atoms with van der Waals surface area (Å²) < 4.78 is 7.91. The molecule has 20 heavy (non-hydrogen) atoms. The quantitative estimate of drug-likeness (QED) is 0.833. The third kappa shape index (κ3) is 3.61. The first-order valence-electron chi connectivity index (χ1n) is 8.08. The van der Waals surface area contributed by atoms with Crippen molar-refractivity contribution in [3.05, 3.63) is 17.5 Å². The number of aromatic nitrogens is 2. The van der Waals surface area contributed by atoms with E-state index in [4.69, 9.17) is 4.74 Å². The molecule has 1 aromatic heterocycles. The van der Waals surface area contributed by atoms with Gasteiger partial charge in [-0.15, -0.1) is 0 Å². The first-order chi connectivity index (χ1) is 9.67. The van der Waals surface area contributed by atoms with E-state index in [1.54, 1.807) is 0 Å². The van der Waals surface area contributed by atoms with Gasteiger partial charge in [0.1, 0.15) is 0 Å². The molecule has 114 valence electrons. The van der Waals surface area contributed by atoms with Crippen LogP contribution in [0, 0.1) is 5.92 Å². The van der Waals surface area contributed by atoms with Crippen LogP contribution in [0.25, 0.3) is 0 Å². The fraction of sp³-hybridized carbons (Fsp3) is 0.812. The maximum absolute atomic E-state index is 5.75. The molecule has 3 atom stereocenters. The highest BCUT2D eigenvalue weighted by Crippen LogP contribution is 2.24. The minimum atomic E-state index is 0.406. The van der Waals surface area contributed by atoms with E-state index in [2.05, 4.69) is 48.9 Å². The molecule has 4 heteroatoms. The second-order valence-corrected chi connectivity index (χ2v) is 5.80. The second-order valence-electron chi connectivity index (χ2n) is 5.80. The van der Waals surface area contributed by atoms with Crippen molar-refractivity contribution in [1.82, 2.24) is 15.1 Å². The van der Waals surface area contributed by atoms with Crippen LogP contribution in [0.2, 0.25) is 0 Å². The summed E-state index contributed by atoms with van der Waals surface area (Å²) in [4.78, 5) is 0. The van der Waals surface area contributed by atoms with E-state index >= 15 is 0 Å². The van der Waals surface area contributed by atoms with Gasteiger partial charge in [0.05, 0.1) is 18.4 Å². The van der Waals surface area contributed by atoms with E-state index in [0.29, 0.717) is 18.1 Å². The molecule has 1 aromatic rings. The Labute approximate surface area is 122 Å². The molecular weight excluding hydrogens is 250 g/mol. The summed E-state index contributed by atoms with van der Waals surface area (Å²) >= 11 is 0. The number of rotatable bonds is 7. The van der Waals surface area contributed by atoms with Gasteiger partial charge in [-0.1, -0.05) is 13.8 Å². The smallest absolute Gasteiger partial charge is 0.0624 e. The van der Waals surface area contributed by atoms with Gasteiger partial charge in [0.2, 0.25) is 0 Å². The molecule has 0 radical (unpaired) electrons. The molecule has 0 saturated carbocycles. The van der Waals surface area contributed by atoms with Gasteiger partial charge in [-0.05, 0) is 39.3 Å². The molecule has 1 N–H and O–H groups in total. The van der Waals surface area contributed by atoms with E-state index in [0.717, 1.165) is 32.5 Å². The van der Waals surface area contributed by atoms with Gasteiger partial charge in [0, 0.05) is 30.6 Å². The molecule has 4 nitrogen and oxygen atoms in total.